The maximum Gasteiger partial charge on any atom is 0.508 e. The van der Waals surface area contributed by atoms with Gasteiger partial charge in [0.1, 0.15) is 13.2 Å². The van der Waals surface area contributed by atoms with Crippen molar-refractivity contribution >= 4 is 17.7 Å². The van der Waals surface area contributed by atoms with E-state index in [0.717, 1.165) is 24.8 Å². The van der Waals surface area contributed by atoms with Gasteiger partial charge < -0.3 is 24.2 Å². The van der Waals surface area contributed by atoms with E-state index < -0.39 is 29.4 Å². The van der Waals surface area contributed by atoms with Gasteiger partial charge in [0, 0.05) is 17.3 Å². The van der Waals surface area contributed by atoms with Crippen LogP contribution >= 0.6 is 0 Å². The van der Waals surface area contributed by atoms with Crippen LogP contribution in [0.2, 0.25) is 0 Å². The summed E-state index contributed by atoms with van der Waals surface area (Å²) in [4.78, 5) is 51.5. The zero-order valence-corrected chi connectivity index (χ0v) is 22.1. The molecule has 4 aliphatic rings. The van der Waals surface area contributed by atoms with E-state index in [0.29, 0.717) is 6.42 Å². The third kappa shape index (κ3) is 5.36. The minimum absolute atomic E-state index is 0.000411. The number of Topliss-reactive ketones (excluding diaryl/α,β-unsaturated/α-hetero) is 1. The van der Waals surface area contributed by atoms with Gasteiger partial charge in [0.25, 0.3) is 5.09 Å². The molecule has 38 heavy (non-hydrogen) atoms. The Morgan fingerprint density at radius 2 is 1.92 bits per heavy atom. The van der Waals surface area contributed by atoms with Gasteiger partial charge in [-0.05, 0) is 61.0 Å². The van der Waals surface area contributed by atoms with Crippen LogP contribution in [0.5, 0.6) is 0 Å². The number of nitrogens with zero attached hydrogens (tertiary/aromatic N) is 1. The first-order valence-corrected chi connectivity index (χ1v) is 13.3. The Labute approximate surface area is 221 Å². The number of aliphatic hydroxyl groups is 1. The monoisotopic (exact) mass is 535 g/mol. The molecule has 0 radical (unpaired) electrons. The first kappa shape index (κ1) is 28.2. The van der Waals surface area contributed by atoms with E-state index in [2.05, 4.69) is 25.6 Å². The van der Waals surface area contributed by atoms with Crippen LogP contribution in [0, 0.1) is 50.5 Å². The molecule has 8 atom stereocenters. The molecule has 1 N–H and O–H groups in total. The first-order chi connectivity index (χ1) is 18.0. The number of hydrogen-bond donors (Lipinski definition) is 1. The lowest BCUT2D eigenvalue weighted by Gasteiger charge is -2.58. The molecular weight excluding hydrogens is 498 g/mol. The van der Waals surface area contributed by atoms with Gasteiger partial charge in [-0.2, -0.15) is 0 Å². The number of ether oxygens (including phenoxy) is 3. The normalized spacial score (nSPS) is 37.4. The van der Waals surface area contributed by atoms with Crippen molar-refractivity contribution in [1.29, 1.82) is 0 Å². The highest BCUT2D eigenvalue weighted by molar-refractivity contribution is 6.01. The molecule has 3 fully saturated rings. The van der Waals surface area contributed by atoms with Crippen LogP contribution < -0.4 is 0 Å². The fraction of sp³-hybridized carbons (Fsp3) is 0.741. The molecule has 0 saturated heterocycles. The SMILES string of the molecule is CC1CC2C3CCC4=CC(=O)C=CC4(C)C3C(O)CC2(C)C1C(=O)COC(=O)OCCOCCO[N+](=O)[O-]. The highest BCUT2D eigenvalue weighted by Crippen LogP contribution is 2.67. The highest BCUT2D eigenvalue weighted by Gasteiger charge is 2.64. The van der Waals surface area contributed by atoms with Crippen molar-refractivity contribution in [3.63, 3.8) is 0 Å². The molecule has 11 nitrogen and oxygen atoms in total. The number of carbonyl (C=O) groups is 3. The maximum absolute atomic E-state index is 13.4. The quantitative estimate of drug-likeness (QED) is 0.191. The summed E-state index contributed by atoms with van der Waals surface area (Å²) in [6, 6.07) is 0. The maximum atomic E-state index is 13.4. The molecule has 4 aliphatic carbocycles. The highest BCUT2D eigenvalue weighted by atomic mass is 17.0. The van der Waals surface area contributed by atoms with E-state index in [1.807, 2.05) is 6.08 Å². The summed E-state index contributed by atoms with van der Waals surface area (Å²) in [6.45, 7) is 5.48. The molecule has 8 unspecified atom stereocenters. The molecule has 0 spiro atoms. The van der Waals surface area contributed by atoms with E-state index in [-0.39, 0.29) is 73.0 Å². The van der Waals surface area contributed by atoms with Gasteiger partial charge >= 0.3 is 6.16 Å². The molecule has 0 amide bonds. The molecule has 11 heteroatoms. The van der Waals surface area contributed by atoms with Gasteiger partial charge in [-0.1, -0.05) is 32.4 Å². The Morgan fingerprint density at radius 3 is 2.66 bits per heavy atom. The summed E-state index contributed by atoms with van der Waals surface area (Å²) in [6.07, 6.45) is 6.73. The van der Waals surface area contributed by atoms with Crippen LogP contribution in [-0.2, 0) is 28.6 Å². The van der Waals surface area contributed by atoms with E-state index in [1.165, 1.54) is 0 Å². The van der Waals surface area contributed by atoms with Crippen LogP contribution in [0.15, 0.2) is 23.8 Å². The predicted molar refractivity (Wildman–Crippen MR) is 132 cm³/mol. The summed E-state index contributed by atoms with van der Waals surface area (Å²) in [7, 11) is 0. The zero-order valence-electron chi connectivity index (χ0n) is 22.1. The summed E-state index contributed by atoms with van der Waals surface area (Å²) < 4.78 is 15.0. The average Bonchev–Trinajstić information content (AvgIpc) is 3.11. The molecule has 0 heterocycles. The minimum atomic E-state index is -0.988. The number of ketones is 2. The van der Waals surface area contributed by atoms with Gasteiger partial charge in [0.15, 0.2) is 18.2 Å². The number of hydrogen-bond acceptors (Lipinski definition) is 10. The van der Waals surface area contributed by atoms with Crippen molar-refractivity contribution in [2.24, 2.45) is 40.4 Å². The number of carbonyl (C=O) groups excluding carboxylic acids is 3. The molecular formula is C27H37NO10. The Hall–Kier alpha value is -2.79. The van der Waals surface area contributed by atoms with Gasteiger partial charge in [0.05, 0.1) is 19.3 Å². The van der Waals surface area contributed by atoms with E-state index >= 15 is 0 Å². The smallest absolute Gasteiger partial charge is 0.432 e. The molecule has 3 saturated carbocycles. The summed E-state index contributed by atoms with van der Waals surface area (Å²) in [5, 5.41) is 20.6. The van der Waals surface area contributed by atoms with Crippen LogP contribution in [-0.4, -0.2) is 67.1 Å². The molecule has 0 aromatic heterocycles. The van der Waals surface area contributed by atoms with Crippen LogP contribution in [0.3, 0.4) is 0 Å². The second-order valence-electron chi connectivity index (χ2n) is 11.5. The largest absolute Gasteiger partial charge is 0.508 e. The Bertz CT molecular complexity index is 1020. The van der Waals surface area contributed by atoms with E-state index in [9.17, 15) is 29.6 Å². The molecule has 0 bridgehead atoms. The molecule has 0 aromatic rings. The van der Waals surface area contributed by atoms with Crippen molar-refractivity contribution in [2.45, 2.75) is 52.6 Å². The third-order valence-corrected chi connectivity index (χ3v) is 9.39. The predicted octanol–water partition coefficient (Wildman–Crippen LogP) is 3.07. The number of fused-ring (bicyclic) bond motifs is 5. The number of aliphatic hydroxyl groups excluding tert-OH is 1. The van der Waals surface area contributed by atoms with Gasteiger partial charge in [-0.25, -0.2) is 4.79 Å². The molecule has 210 valence electrons. The van der Waals surface area contributed by atoms with Crippen molar-refractivity contribution in [2.75, 3.05) is 33.0 Å². The van der Waals surface area contributed by atoms with Crippen molar-refractivity contribution in [1.82, 2.24) is 0 Å². The van der Waals surface area contributed by atoms with Crippen molar-refractivity contribution < 1.29 is 43.6 Å². The lowest BCUT2D eigenvalue weighted by atomic mass is 9.46. The summed E-state index contributed by atoms with van der Waals surface area (Å²) in [5.74, 6) is 0.00698. The average molecular weight is 536 g/mol. The van der Waals surface area contributed by atoms with E-state index in [1.54, 1.807) is 12.2 Å². The third-order valence-electron chi connectivity index (χ3n) is 9.39. The molecule has 4 rings (SSSR count). The van der Waals surface area contributed by atoms with Crippen LogP contribution in [0.25, 0.3) is 0 Å². The van der Waals surface area contributed by atoms with Crippen LogP contribution in [0.4, 0.5) is 4.79 Å². The molecule has 0 aromatic carbocycles. The first-order valence-electron chi connectivity index (χ1n) is 13.3. The fourth-order valence-electron chi connectivity index (χ4n) is 8.10. The zero-order chi connectivity index (χ0) is 27.7. The number of rotatable bonds is 10. The summed E-state index contributed by atoms with van der Waals surface area (Å²) in [5.41, 5.74) is 0.309. The second kappa shape index (κ2) is 11.1. The lowest BCUT2D eigenvalue weighted by molar-refractivity contribution is -0.758. The van der Waals surface area contributed by atoms with Gasteiger partial charge in [-0.15, -0.1) is 10.1 Å². The van der Waals surface area contributed by atoms with Crippen LogP contribution in [0.1, 0.15) is 46.5 Å². The topological polar surface area (TPSA) is 152 Å². The van der Waals surface area contributed by atoms with E-state index in [4.69, 9.17) is 14.2 Å². The standard InChI is InChI=1S/C27H37NO10/c1-16-12-20-19-5-4-17-13-18(29)6-7-26(17,2)24(19)21(30)14-27(20,3)23(16)22(31)15-37-25(32)36-10-8-35-9-11-38-28(33)34/h6-7,13,16,19-21,23-24,30H,4-5,8-12,14-15H2,1-3H3. The minimum Gasteiger partial charge on any atom is -0.432 e. The Kier molecular flexibility index (Phi) is 8.27. The summed E-state index contributed by atoms with van der Waals surface area (Å²) >= 11 is 0. The van der Waals surface area contributed by atoms with Crippen molar-refractivity contribution in [3.05, 3.63) is 33.9 Å². The second-order valence-corrected chi connectivity index (χ2v) is 11.5. The lowest BCUT2D eigenvalue weighted by Crippen LogP contribution is -2.56. The van der Waals surface area contributed by atoms with Gasteiger partial charge in [-0.3, -0.25) is 9.59 Å². The Balaban J connectivity index is 1.33. The Morgan fingerprint density at radius 1 is 1.18 bits per heavy atom. The fourth-order valence-corrected chi connectivity index (χ4v) is 8.10. The van der Waals surface area contributed by atoms with Crippen molar-refractivity contribution in [3.8, 4) is 0 Å². The molecule has 0 aliphatic heterocycles. The van der Waals surface area contributed by atoms with Gasteiger partial charge in [0.2, 0.25) is 0 Å². The number of allylic oxidation sites excluding steroid dienone is 4.